The molecule has 0 bridgehead atoms. The molecule has 1 N–H and O–H groups in total. The summed E-state index contributed by atoms with van der Waals surface area (Å²) in [5.74, 6) is 1.50. The molecule has 0 fully saturated rings. The molecule has 5 heteroatoms. The molecule has 2 aromatic rings. The minimum atomic E-state index is 0.564. The molecule has 0 unspecified atom stereocenters. The first-order chi connectivity index (χ1) is 7.69. The first-order valence-electron chi connectivity index (χ1n) is 4.76. The van der Waals surface area contributed by atoms with E-state index in [9.17, 15) is 0 Å². The van der Waals surface area contributed by atoms with Crippen molar-refractivity contribution in [3.8, 4) is 17.0 Å². The lowest BCUT2D eigenvalue weighted by molar-refractivity contribution is 0.413. The molecule has 0 aliphatic carbocycles. The first-order valence-corrected chi connectivity index (χ1v) is 5.17. The predicted octanol–water partition coefficient (Wildman–Crippen LogP) is 2.52. The molecule has 2 heterocycles. The zero-order chi connectivity index (χ0) is 11.5. The van der Waals surface area contributed by atoms with E-state index in [2.05, 4.69) is 15.0 Å². The van der Waals surface area contributed by atoms with Crippen LogP contribution in [0.25, 0.3) is 11.3 Å². The Hall–Kier alpha value is -1.75. The van der Waals surface area contributed by atoms with Gasteiger partial charge >= 0.3 is 0 Å². The average Bonchev–Trinajstić information content (AvgIpc) is 2.28. The van der Waals surface area contributed by atoms with Gasteiger partial charge in [0.2, 0.25) is 0 Å². The standard InChI is InChI=1S/C11H11N3OS/c1-7-13-10(4-11(16)14-7)8-3-9(15-2)6-12-5-8/h3-6H,1-2H3,(H,13,14,16). The highest BCUT2D eigenvalue weighted by Crippen LogP contribution is 2.20. The van der Waals surface area contributed by atoms with E-state index in [0.29, 0.717) is 10.4 Å². The van der Waals surface area contributed by atoms with E-state index < -0.39 is 0 Å². The summed E-state index contributed by atoms with van der Waals surface area (Å²) in [7, 11) is 1.61. The minimum absolute atomic E-state index is 0.564. The number of aromatic amines is 1. The number of rotatable bonds is 2. The number of hydrogen-bond donors (Lipinski definition) is 1. The van der Waals surface area contributed by atoms with Gasteiger partial charge in [0.25, 0.3) is 0 Å². The highest BCUT2D eigenvalue weighted by molar-refractivity contribution is 7.71. The number of hydrogen-bond acceptors (Lipinski definition) is 4. The van der Waals surface area contributed by atoms with Gasteiger partial charge in [-0.05, 0) is 19.1 Å². The first kappa shape index (κ1) is 10.8. The summed E-state index contributed by atoms with van der Waals surface area (Å²) < 4.78 is 5.68. The van der Waals surface area contributed by atoms with Crippen LogP contribution in [0.15, 0.2) is 24.5 Å². The normalized spacial score (nSPS) is 10.1. The molecule has 16 heavy (non-hydrogen) atoms. The molecule has 4 nitrogen and oxygen atoms in total. The number of methoxy groups -OCH3 is 1. The topological polar surface area (TPSA) is 50.8 Å². The second-order valence-corrected chi connectivity index (χ2v) is 3.75. The van der Waals surface area contributed by atoms with Crippen molar-refractivity contribution in [3.63, 3.8) is 0 Å². The van der Waals surface area contributed by atoms with E-state index in [1.807, 2.05) is 13.0 Å². The van der Waals surface area contributed by atoms with E-state index in [0.717, 1.165) is 17.1 Å². The number of nitrogens with one attached hydrogen (secondary N) is 1. The Bertz CT molecular complexity index is 565. The minimum Gasteiger partial charge on any atom is -0.495 e. The van der Waals surface area contributed by atoms with Crippen LogP contribution in [-0.2, 0) is 0 Å². The monoisotopic (exact) mass is 233 g/mol. The molecule has 0 spiro atoms. The van der Waals surface area contributed by atoms with Gasteiger partial charge in [-0.15, -0.1) is 0 Å². The molecular weight excluding hydrogens is 222 g/mol. The van der Waals surface area contributed by atoms with Crippen LogP contribution in [0.1, 0.15) is 5.82 Å². The lowest BCUT2D eigenvalue weighted by Crippen LogP contribution is -1.92. The van der Waals surface area contributed by atoms with E-state index >= 15 is 0 Å². The second-order valence-electron chi connectivity index (χ2n) is 3.33. The van der Waals surface area contributed by atoms with Gasteiger partial charge in [0, 0.05) is 11.8 Å². The number of aromatic nitrogens is 3. The Balaban J connectivity index is 2.53. The third kappa shape index (κ3) is 2.25. The molecule has 0 radical (unpaired) electrons. The Morgan fingerprint density at radius 2 is 2.12 bits per heavy atom. The second kappa shape index (κ2) is 4.40. The lowest BCUT2D eigenvalue weighted by atomic mass is 10.2. The molecule has 2 aromatic heterocycles. The zero-order valence-electron chi connectivity index (χ0n) is 9.02. The fourth-order valence-electron chi connectivity index (χ4n) is 1.41. The van der Waals surface area contributed by atoms with Crippen LogP contribution in [0, 0.1) is 11.6 Å². The van der Waals surface area contributed by atoms with Crippen molar-refractivity contribution in [2.45, 2.75) is 6.92 Å². The maximum absolute atomic E-state index is 5.12. The van der Waals surface area contributed by atoms with Gasteiger partial charge in [-0.1, -0.05) is 12.2 Å². The van der Waals surface area contributed by atoms with Crippen molar-refractivity contribution in [1.29, 1.82) is 0 Å². The molecule has 0 aromatic carbocycles. The van der Waals surface area contributed by atoms with Crippen LogP contribution >= 0.6 is 12.2 Å². The molecule has 0 aliphatic rings. The van der Waals surface area contributed by atoms with Crippen molar-refractivity contribution in [1.82, 2.24) is 15.0 Å². The van der Waals surface area contributed by atoms with Crippen molar-refractivity contribution >= 4 is 12.2 Å². The van der Waals surface area contributed by atoms with E-state index in [1.54, 1.807) is 25.6 Å². The summed E-state index contributed by atoms with van der Waals surface area (Å²) in [5.41, 5.74) is 1.82. The summed E-state index contributed by atoms with van der Waals surface area (Å²) in [6.45, 7) is 1.87. The van der Waals surface area contributed by atoms with E-state index in [1.165, 1.54) is 0 Å². The summed E-state index contributed by atoms with van der Waals surface area (Å²) in [6, 6.07) is 3.70. The van der Waals surface area contributed by atoms with Crippen LogP contribution in [0.4, 0.5) is 0 Å². The van der Waals surface area contributed by atoms with Crippen molar-refractivity contribution in [2.75, 3.05) is 7.11 Å². The summed E-state index contributed by atoms with van der Waals surface area (Å²) in [4.78, 5) is 11.3. The van der Waals surface area contributed by atoms with Crippen molar-refractivity contribution < 1.29 is 4.74 Å². The third-order valence-corrected chi connectivity index (χ3v) is 2.33. The number of nitrogens with zero attached hydrogens (tertiary/aromatic N) is 2. The predicted molar refractivity (Wildman–Crippen MR) is 63.9 cm³/mol. The Morgan fingerprint density at radius 3 is 2.81 bits per heavy atom. The fourth-order valence-corrected chi connectivity index (χ4v) is 1.67. The third-order valence-electron chi connectivity index (χ3n) is 2.12. The summed E-state index contributed by atoms with van der Waals surface area (Å²) in [6.07, 6.45) is 3.41. The largest absolute Gasteiger partial charge is 0.495 e. The van der Waals surface area contributed by atoms with Crippen molar-refractivity contribution in [2.24, 2.45) is 0 Å². The van der Waals surface area contributed by atoms with Crippen LogP contribution < -0.4 is 4.74 Å². The molecule has 0 saturated carbocycles. The van der Waals surface area contributed by atoms with Crippen LogP contribution in [0.3, 0.4) is 0 Å². The van der Waals surface area contributed by atoms with Gasteiger partial charge < -0.3 is 9.72 Å². The zero-order valence-corrected chi connectivity index (χ0v) is 9.84. The highest BCUT2D eigenvalue weighted by atomic mass is 32.1. The molecule has 0 atom stereocenters. The fraction of sp³-hybridized carbons (Fsp3) is 0.182. The molecule has 82 valence electrons. The van der Waals surface area contributed by atoms with Gasteiger partial charge in [0.15, 0.2) is 0 Å². The van der Waals surface area contributed by atoms with Crippen LogP contribution in [-0.4, -0.2) is 22.1 Å². The van der Waals surface area contributed by atoms with Gasteiger partial charge in [-0.3, -0.25) is 4.98 Å². The van der Waals surface area contributed by atoms with Gasteiger partial charge in [-0.2, -0.15) is 0 Å². The number of aryl methyl sites for hydroxylation is 1. The molecule has 0 saturated heterocycles. The molecule has 0 aliphatic heterocycles. The van der Waals surface area contributed by atoms with Crippen LogP contribution in [0.2, 0.25) is 0 Å². The Kier molecular flexibility index (Phi) is 2.96. The molecule has 0 amide bonds. The van der Waals surface area contributed by atoms with Gasteiger partial charge in [-0.25, -0.2) is 4.98 Å². The number of pyridine rings is 1. The van der Waals surface area contributed by atoms with Gasteiger partial charge in [0.05, 0.1) is 19.0 Å². The number of H-pyrrole nitrogens is 1. The molecule has 2 rings (SSSR count). The molecular formula is C11H11N3OS. The average molecular weight is 233 g/mol. The highest BCUT2D eigenvalue weighted by Gasteiger charge is 2.01. The Morgan fingerprint density at radius 1 is 1.31 bits per heavy atom. The lowest BCUT2D eigenvalue weighted by Gasteiger charge is -2.05. The summed E-state index contributed by atoms with van der Waals surface area (Å²) >= 11 is 5.07. The van der Waals surface area contributed by atoms with E-state index in [4.69, 9.17) is 17.0 Å². The maximum Gasteiger partial charge on any atom is 0.137 e. The Labute approximate surface area is 98.3 Å². The number of ether oxygens (including phenoxy) is 1. The van der Waals surface area contributed by atoms with Gasteiger partial charge in [0.1, 0.15) is 16.2 Å². The summed E-state index contributed by atoms with van der Waals surface area (Å²) in [5, 5.41) is 0. The quantitative estimate of drug-likeness (QED) is 0.810. The van der Waals surface area contributed by atoms with Crippen molar-refractivity contribution in [3.05, 3.63) is 35.0 Å². The SMILES string of the molecule is COc1cncc(-c2cc(=S)nc(C)[nH]2)c1. The van der Waals surface area contributed by atoms with E-state index in [-0.39, 0.29) is 0 Å². The van der Waals surface area contributed by atoms with Crippen LogP contribution in [0.5, 0.6) is 5.75 Å². The maximum atomic E-state index is 5.12. The smallest absolute Gasteiger partial charge is 0.137 e.